The normalized spacial score (nSPS) is 13.8. The smallest absolute Gasteiger partial charge is 0.341 e. The summed E-state index contributed by atoms with van der Waals surface area (Å²) in [6.07, 6.45) is 0. The fourth-order valence-corrected chi connectivity index (χ4v) is 4.12. The number of nitrogens with one attached hydrogen (secondary N) is 1. The number of anilines is 1. The van der Waals surface area contributed by atoms with Crippen LogP contribution in [-0.2, 0) is 19.1 Å². The molecular weight excluding hydrogens is 392 g/mol. The third kappa shape index (κ3) is 5.96. The van der Waals surface area contributed by atoms with Gasteiger partial charge in [-0.15, -0.1) is 11.3 Å². The minimum absolute atomic E-state index is 0.171. The highest BCUT2D eigenvalue weighted by molar-refractivity contribution is 8.13. The number of carbonyl (C=O) groups is 4. The lowest BCUT2D eigenvalue weighted by Gasteiger charge is -2.13. The molecule has 0 bridgehead atoms. The van der Waals surface area contributed by atoms with Gasteiger partial charge in [0.2, 0.25) is 0 Å². The van der Waals surface area contributed by atoms with E-state index in [0.717, 1.165) is 16.6 Å². The summed E-state index contributed by atoms with van der Waals surface area (Å²) in [4.78, 5) is 49.7. The number of carbonyl (C=O) groups excluding carboxylic acids is 4. The topological polar surface area (TPSA) is 102 Å². The van der Waals surface area contributed by atoms with Gasteiger partial charge in [-0.25, -0.2) is 4.79 Å². The molecule has 1 saturated heterocycles. The SMILES string of the molecule is CCOC(=O)c1cc(C(C)C)sc1NC(=O)COC(=O)CN1CCSC1=O. The van der Waals surface area contributed by atoms with E-state index in [1.54, 1.807) is 13.0 Å². The highest BCUT2D eigenvalue weighted by Gasteiger charge is 2.25. The van der Waals surface area contributed by atoms with Gasteiger partial charge >= 0.3 is 11.9 Å². The summed E-state index contributed by atoms with van der Waals surface area (Å²) in [5.74, 6) is -0.908. The van der Waals surface area contributed by atoms with E-state index >= 15 is 0 Å². The molecule has 1 aliphatic heterocycles. The molecule has 0 saturated carbocycles. The molecule has 1 aliphatic rings. The molecule has 0 aliphatic carbocycles. The highest BCUT2D eigenvalue weighted by Crippen LogP contribution is 2.33. The number of thiophene rings is 1. The van der Waals surface area contributed by atoms with Crippen LogP contribution < -0.4 is 5.32 Å². The van der Waals surface area contributed by atoms with E-state index < -0.39 is 24.5 Å². The zero-order chi connectivity index (χ0) is 20.0. The van der Waals surface area contributed by atoms with Gasteiger partial charge in [-0.1, -0.05) is 25.6 Å². The molecule has 0 radical (unpaired) electrons. The Morgan fingerprint density at radius 3 is 2.63 bits per heavy atom. The zero-order valence-corrected chi connectivity index (χ0v) is 17.0. The van der Waals surface area contributed by atoms with Crippen LogP contribution in [-0.4, -0.2) is 60.0 Å². The third-order valence-electron chi connectivity index (χ3n) is 3.60. The quantitative estimate of drug-likeness (QED) is 0.653. The molecule has 1 N–H and O–H groups in total. The van der Waals surface area contributed by atoms with Gasteiger partial charge in [0.1, 0.15) is 11.5 Å². The number of thioether (sulfide) groups is 1. The van der Waals surface area contributed by atoms with E-state index in [0.29, 0.717) is 17.3 Å². The average Bonchev–Trinajstić information content (AvgIpc) is 3.20. The van der Waals surface area contributed by atoms with E-state index in [1.807, 2.05) is 13.8 Å². The molecule has 1 aromatic heterocycles. The van der Waals surface area contributed by atoms with Crippen molar-refractivity contribution in [3.63, 3.8) is 0 Å². The summed E-state index contributed by atoms with van der Waals surface area (Å²) in [7, 11) is 0. The summed E-state index contributed by atoms with van der Waals surface area (Å²) in [5.41, 5.74) is 0.282. The minimum Gasteiger partial charge on any atom is -0.462 e. The van der Waals surface area contributed by atoms with Crippen molar-refractivity contribution in [3.8, 4) is 0 Å². The standard InChI is InChI=1S/C17H22N2O6S2/c1-4-24-16(22)11-7-12(10(2)3)27-15(11)18-13(20)9-25-14(21)8-19-5-6-26-17(19)23/h7,10H,4-6,8-9H2,1-3H3,(H,18,20). The Bertz CT molecular complexity index is 731. The molecule has 2 rings (SSSR count). The van der Waals surface area contributed by atoms with Gasteiger partial charge < -0.3 is 19.7 Å². The van der Waals surface area contributed by atoms with Gasteiger partial charge in [0.15, 0.2) is 6.61 Å². The summed E-state index contributed by atoms with van der Waals surface area (Å²) >= 11 is 2.43. The van der Waals surface area contributed by atoms with Gasteiger partial charge in [-0.05, 0) is 18.9 Å². The number of esters is 2. The van der Waals surface area contributed by atoms with Crippen LogP contribution in [0.3, 0.4) is 0 Å². The van der Waals surface area contributed by atoms with Crippen molar-refractivity contribution in [2.24, 2.45) is 0 Å². The molecule has 148 valence electrons. The summed E-state index contributed by atoms with van der Waals surface area (Å²) < 4.78 is 9.94. The minimum atomic E-state index is -0.652. The monoisotopic (exact) mass is 414 g/mol. The van der Waals surface area contributed by atoms with Crippen LogP contribution in [0, 0.1) is 0 Å². The van der Waals surface area contributed by atoms with E-state index in [-0.39, 0.29) is 29.9 Å². The fourth-order valence-electron chi connectivity index (χ4n) is 2.23. The first-order valence-electron chi connectivity index (χ1n) is 8.49. The van der Waals surface area contributed by atoms with Gasteiger partial charge in [-0.3, -0.25) is 14.4 Å². The molecular formula is C17H22N2O6S2. The van der Waals surface area contributed by atoms with Crippen LogP contribution in [0.2, 0.25) is 0 Å². The maximum atomic E-state index is 12.1. The second-order valence-corrected chi connectivity index (χ2v) is 8.14. The Hall–Kier alpha value is -2.07. The van der Waals surface area contributed by atoms with E-state index in [1.165, 1.54) is 16.2 Å². The van der Waals surface area contributed by atoms with E-state index in [9.17, 15) is 19.2 Å². The van der Waals surface area contributed by atoms with Crippen molar-refractivity contribution in [2.45, 2.75) is 26.7 Å². The largest absolute Gasteiger partial charge is 0.462 e. The van der Waals surface area contributed by atoms with Gasteiger partial charge in [0.05, 0.1) is 12.2 Å². The van der Waals surface area contributed by atoms with Crippen molar-refractivity contribution in [2.75, 3.05) is 37.4 Å². The number of ether oxygens (including phenoxy) is 2. The molecule has 1 fully saturated rings. The molecule has 27 heavy (non-hydrogen) atoms. The predicted octanol–water partition coefficient (Wildman–Crippen LogP) is 2.70. The Balaban J connectivity index is 1.93. The van der Waals surface area contributed by atoms with Crippen LogP contribution in [0.25, 0.3) is 0 Å². The second-order valence-electron chi connectivity index (χ2n) is 6.01. The molecule has 0 unspecified atom stereocenters. The molecule has 8 nitrogen and oxygen atoms in total. The number of rotatable bonds is 8. The lowest BCUT2D eigenvalue weighted by molar-refractivity contribution is -0.147. The first-order valence-corrected chi connectivity index (χ1v) is 10.3. The zero-order valence-electron chi connectivity index (χ0n) is 15.4. The van der Waals surface area contributed by atoms with Crippen molar-refractivity contribution in [1.29, 1.82) is 0 Å². The average molecular weight is 415 g/mol. The fraction of sp³-hybridized carbons (Fsp3) is 0.529. The molecule has 0 aromatic carbocycles. The lowest BCUT2D eigenvalue weighted by Crippen LogP contribution is -2.32. The van der Waals surface area contributed by atoms with Crippen LogP contribution in [0.5, 0.6) is 0 Å². The number of nitrogens with zero attached hydrogens (tertiary/aromatic N) is 1. The lowest BCUT2D eigenvalue weighted by atomic mass is 10.1. The second kappa shape index (κ2) is 9.75. The molecule has 1 aromatic rings. The Labute approximate surface area is 165 Å². The Kier molecular flexibility index (Phi) is 7.66. The maximum Gasteiger partial charge on any atom is 0.341 e. The molecule has 0 atom stereocenters. The molecule has 2 amide bonds. The Morgan fingerprint density at radius 2 is 2.04 bits per heavy atom. The summed E-state index contributed by atoms with van der Waals surface area (Å²) in [6, 6.07) is 1.70. The van der Waals surface area contributed by atoms with Crippen LogP contribution >= 0.6 is 23.1 Å². The van der Waals surface area contributed by atoms with Crippen LogP contribution in [0.4, 0.5) is 9.80 Å². The number of hydrogen-bond donors (Lipinski definition) is 1. The predicted molar refractivity (Wildman–Crippen MR) is 103 cm³/mol. The third-order valence-corrected chi connectivity index (χ3v) is 5.84. The van der Waals surface area contributed by atoms with Crippen molar-refractivity contribution >= 4 is 51.2 Å². The van der Waals surface area contributed by atoms with Gasteiger partial charge in [-0.2, -0.15) is 0 Å². The summed E-state index contributed by atoms with van der Waals surface area (Å²) in [6.45, 7) is 5.70. The van der Waals surface area contributed by atoms with Crippen molar-refractivity contribution < 1.29 is 28.7 Å². The van der Waals surface area contributed by atoms with Crippen molar-refractivity contribution in [1.82, 2.24) is 4.90 Å². The molecule has 0 spiro atoms. The Morgan fingerprint density at radius 1 is 1.30 bits per heavy atom. The molecule has 10 heteroatoms. The maximum absolute atomic E-state index is 12.1. The van der Waals surface area contributed by atoms with E-state index in [4.69, 9.17) is 9.47 Å². The van der Waals surface area contributed by atoms with Crippen LogP contribution in [0.15, 0.2) is 6.07 Å². The van der Waals surface area contributed by atoms with E-state index in [2.05, 4.69) is 5.32 Å². The number of hydrogen-bond acceptors (Lipinski definition) is 8. The van der Waals surface area contributed by atoms with Crippen molar-refractivity contribution in [3.05, 3.63) is 16.5 Å². The first-order chi connectivity index (χ1) is 12.8. The highest BCUT2D eigenvalue weighted by atomic mass is 32.2. The van der Waals surface area contributed by atoms with Gasteiger partial charge in [0, 0.05) is 17.2 Å². The molecule has 2 heterocycles. The number of amides is 2. The summed E-state index contributed by atoms with van der Waals surface area (Å²) in [5, 5.41) is 2.79. The van der Waals surface area contributed by atoms with Crippen LogP contribution in [0.1, 0.15) is 41.9 Å². The van der Waals surface area contributed by atoms with Gasteiger partial charge in [0.25, 0.3) is 11.1 Å². The first kappa shape index (κ1) is 21.2.